The Labute approximate surface area is 162 Å². The second-order valence-electron chi connectivity index (χ2n) is 6.75. The van der Waals surface area contributed by atoms with E-state index in [9.17, 15) is 4.79 Å². The van der Waals surface area contributed by atoms with Crippen LogP contribution in [0, 0.1) is 0 Å². The highest BCUT2D eigenvalue weighted by atomic mass is 127. The minimum atomic E-state index is -0.0945. The Morgan fingerprint density at radius 2 is 2.04 bits per heavy atom. The molecule has 2 aliphatic rings. The predicted octanol–water partition coefficient (Wildman–Crippen LogP) is 2.60. The molecule has 0 radical (unpaired) electrons. The number of aliphatic imine (C=N–C) groups is 1. The number of rotatable bonds is 7. The fourth-order valence-corrected chi connectivity index (χ4v) is 3.16. The second-order valence-corrected chi connectivity index (χ2v) is 6.75. The summed E-state index contributed by atoms with van der Waals surface area (Å²) in [5.74, 6) is 0.680. The number of guanidine groups is 1. The molecule has 0 bridgehead atoms. The van der Waals surface area contributed by atoms with Crippen molar-refractivity contribution in [2.75, 3.05) is 26.7 Å². The van der Waals surface area contributed by atoms with Crippen LogP contribution in [-0.2, 0) is 14.3 Å². The van der Waals surface area contributed by atoms with Crippen molar-refractivity contribution in [2.45, 2.75) is 70.0 Å². The molecule has 0 aromatic rings. The van der Waals surface area contributed by atoms with Gasteiger partial charge in [-0.2, -0.15) is 0 Å². The normalized spacial score (nSPS) is 24.5. The molecule has 1 atom stereocenters. The first-order valence-electron chi connectivity index (χ1n) is 8.89. The maximum Gasteiger partial charge on any atom is 0.306 e. The van der Waals surface area contributed by atoms with Gasteiger partial charge in [0.05, 0.1) is 5.60 Å². The number of carbonyl (C=O) groups is 1. The van der Waals surface area contributed by atoms with Crippen LogP contribution in [0.5, 0.6) is 0 Å². The molecule has 6 nitrogen and oxygen atoms in total. The molecule has 2 rings (SSSR count). The zero-order valence-corrected chi connectivity index (χ0v) is 17.3. The Bertz CT molecular complexity index is 406. The topological polar surface area (TPSA) is 72.0 Å². The largest absolute Gasteiger partial charge is 0.462 e. The van der Waals surface area contributed by atoms with Gasteiger partial charge in [0, 0.05) is 33.2 Å². The molecule has 0 aromatic carbocycles. The average Bonchev–Trinajstić information content (AvgIpc) is 3.19. The van der Waals surface area contributed by atoms with Crippen molar-refractivity contribution < 1.29 is 14.3 Å². The number of nitrogens with one attached hydrogen (secondary N) is 2. The number of halogens is 1. The summed E-state index contributed by atoms with van der Waals surface area (Å²) < 4.78 is 11.2. The van der Waals surface area contributed by atoms with E-state index >= 15 is 0 Å². The molecule has 1 unspecified atom stereocenters. The standard InChI is InChI=1S/C17H31N3O3.HI/c1-17(10-6-12-22-17)13-20-16(18-2)19-11-5-9-15(21)23-14-7-3-4-8-14;/h14H,3-13H2,1-2H3,(H2,18,19,20);1H. The van der Waals surface area contributed by atoms with Gasteiger partial charge < -0.3 is 20.1 Å². The molecule has 1 saturated heterocycles. The van der Waals surface area contributed by atoms with Crippen molar-refractivity contribution in [3.05, 3.63) is 0 Å². The van der Waals surface area contributed by atoms with Crippen LogP contribution in [0.1, 0.15) is 58.3 Å². The minimum absolute atomic E-state index is 0. The fourth-order valence-electron chi connectivity index (χ4n) is 3.16. The maximum atomic E-state index is 11.7. The van der Waals surface area contributed by atoms with E-state index in [1.807, 2.05) is 0 Å². The lowest BCUT2D eigenvalue weighted by atomic mass is 10.0. The van der Waals surface area contributed by atoms with Gasteiger partial charge in [0.25, 0.3) is 0 Å². The van der Waals surface area contributed by atoms with Crippen molar-refractivity contribution in [3.8, 4) is 0 Å². The number of hydrogen-bond donors (Lipinski definition) is 2. The summed E-state index contributed by atoms with van der Waals surface area (Å²) in [5, 5.41) is 6.53. The molecular weight excluding hydrogens is 421 g/mol. The molecule has 0 amide bonds. The molecule has 140 valence electrons. The van der Waals surface area contributed by atoms with E-state index in [-0.39, 0.29) is 41.7 Å². The summed E-state index contributed by atoms with van der Waals surface area (Å²) in [6.45, 7) is 4.42. The van der Waals surface area contributed by atoms with Gasteiger partial charge in [0.15, 0.2) is 5.96 Å². The second kappa shape index (κ2) is 11.1. The third-order valence-electron chi connectivity index (χ3n) is 4.60. The summed E-state index contributed by atoms with van der Waals surface area (Å²) in [5.41, 5.74) is -0.0945. The highest BCUT2D eigenvalue weighted by Gasteiger charge is 2.29. The molecule has 0 aromatic heterocycles. The maximum absolute atomic E-state index is 11.7. The first kappa shape index (κ1) is 21.5. The highest BCUT2D eigenvalue weighted by Crippen LogP contribution is 2.23. The number of esters is 1. The summed E-state index contributed by atoms with van der Waals surface area (Å²) >= 11 is 0. The molecule has 1 saturated carbocycles. The third-order valence-corrected chi connectivity index (χ3v) is 4.60. The zero-order chi connectivity index (χ0) is 16.5. The van der Waals surface area contributed by atoms with Gasteiger partial charge in [0.1, 0.15) is 6.10 Å². The van der Waals surface area contributed by atoms with Crippen LogP contribution in [-0.4, -0.2) is 50.4 Å². The first-order chi connectivity index (χ1) is 11.1. The van der Waals surface area contributed by atoms with E-state index < -0.39 is 0 Å². The van der Waals surface area contributed by atoms with Gasteiger partial charge in [-0.05, 0) is 51.9 Å². The van der Waals surface area contributed by atoms with Gasteiger partial charge >= 0.3 is 5.97 Å². The molecule has 1 aliphatic heterocycles. The van der Waals surface area contributed by atoms with Crippen LogP contribution in [0.25, 0.3) is 0 Å². The predicted molar refractivity (Wildman–Crippen MR) is 106 cm³/mol. The van der Waals surface area contributed by atoms with Gasteiger partial charge in [-0.15, -0.1) is 24.0 Å². The van der Waals surface area contributed by atoms with Gasteiger partial charge in [-0.3, -0.25) is 9.79 Å². The Kier molecular flexibility index (Phi) is 9.95. The lowest BCUT2D eigenvalue weighted by molar-refractivity contribution is -0.148. The fraction of sp³-hybridized carbons (Fsp3) is 0.882. The quantitative estimate of drug-likeness (QED) is 0.204. The Morgan fingerprint density at radius 1 is 1.29 bits per heavy atom. The van der Waals surface area contributed by atoms with Crippen LogP contribution in [0.15, 0.2) is 4.99 Å². The number of nitrogens with zero attached hydrogens (tertiary/aromatic N) is 1. The minimum Gasteiger partial charge on any atom is -0.462 e. The van der Waals surface area contributed by atoms with E-state index in [1.54, 1.807) is 7.05 Å². The van der Waals surface area contributed by atoms with Crippen molar-refractivity contribution in [3.63, 3.8) is 0 Å². The van der Waals surface area contributed by atoms with Gasteiger partial charge in [0.2, 0.25) is 0 Å². The van der Waals surface area contributed by atoms with Crippen LogP contribution in [0.3, 0.4) is 0 Å². The molecule has 7 heteroatoms. The van der Waals surface area contributed by atoms with E-state index in [1.165, 1.54) is 12.8 Å². The summed E-state index contributed by atoms with van der Waals surface area (Å²) in [6, 6.07) is 0. The Balaban J connectivity index is 0.00000288. The molecule has 1 heterocycles. The van der Waals surface area contributed by atoms with Crippen LogP contribution < -0.4 is 10.6 Å². The lowest BCUT2D eigenvalue weighted by Crippen LogP contribution is -2.45. The number of hydrogen-bond acceptors (Lipinski definition) is 4. The molecule has 0 spiro atoms. The van der Waals surface area contributed by atoms with E-state index in [4.69, 9.17) is 9.47 Å². The first-order valence-corrected chi connectivity index (χ1v) is 8.89. The average molecular weight is 453 g/mol. The van der Waals surface area contributed by atoms with Crippen LogP contribution in [0.2, 0.25) is 0 Å². The zero-order valence-electron chi connectivity index (χ0n) is 14.9. The third kappa shape index (κ3) is 7.55. The molecule has 2 fully saturated rings. The number of ether oxygens (including phenoxy) is 2. The molecular formula is C17H32IN3O3. The molecule has 2 N–H and O–H groups in total. The van der Waals surface area contributed by atoms with E-state index in [0.29, 0.717) is 13.0 Å². The van der Waals surface area contributed by atoms with E-state index in [2.05, 4.69) is 22.5 Å². The van der Waals surface area contributed by atoms with Crippen LogP contribution in [0.4, 0.5) is 0 Å². The molecule has 24 heavy (non-hydrogen) atoms. The SMILES string of the molecule is CN=C(NCCCC(=O)OC1CCCC1)NCC1(C)CCCO1.I. The van der Waals surface area contributed by atoms with Gasteiger partial charge in [-0.25, -0.2) is 0 Å². The van der Waals surface area contributed by atoms with Gasteiger partial charge in [-0.1, -0.05) is 0 Å². The van der Waals surface area contributed by atoms with Crippen molar-refractivity contribution in [1.29, 1.82) is 0 Å². The highest BCUT2D eigenvalue weighted by molar-refractivity contribution is 14.0. The summed E-state index contributed by atoms with van der Waals surface area (Å²) in [7, 11) is 1.75. The monoisotopic (exact) mass is 453 g/mol. The Hall–Kier alpha value is -0.570. The van der Waals surface area contributed by atoms with E-state index in [0.717, 1.165) is 51.2 Å². The van der Waals surface area contributed by atoms with Crippen molar-refractivity contribution >= 4 is 35.9 Å². The molecule has 1 aliphatic carbocycles. The van der Waals surface area contributed by atoms with Crippen molar-refractivity contribution in [2.24, 2.45) is 4.99 Å². The summed E-state index contributed by atoms with van der Waals surface area (Å²) in [6.07, 6.45) is 7.99. The smallest absolute Gasteiger partial charge is 0.306 e. The lowest BCUT2D eigenvalue weighted by Gasteiger charge is -2.24. The Morgan fingerprint density at radius 3 is 2.67 bits per heavy atom. The number of carbonyl (C=O) groups excluding carboxylic acids is 1. The summed E-state index contributed by atoms with van der Waals surface area (Å²) in [4.78, 5) is 15.9. The van der Waals surface area contributed by atoms with Crippen LogP contribution >= 0.6 is 24.0 Å². The van der Waals surface area contributed by atoms with Crippen molar-refractivity contribution in [1.82, 2.24) is 10.6 Å².